The predicted octanol–water partition coefficient (Wildman–Crippen LogP) is 3.03. The highest BCUT2D eigenvalue weighted by molar-refractivity contribution is 7.13. The molecule has 0 aliphatic carbocycles. The summed E-state index contributed by atoms with van der Waals surface area (Å²) in [6.45, 7) is 0.153. The van der Waals surface area contributed by atoms with E-state index < -0.39 is 5.97 Å². The lowest BCUT2D eigenvalue weighted by molar-refractivity contribution is 0.0467. The number of hydrogen-bond donors (Lipinski definition) is 1. The van der Waals surface area contributed by atoms with Crippen LogP contribution in [0.2, 0.25) is 0 Å². The summed E-state index contributed by atoms with van der Waals surface area (Å²) in [6, 6.07) is 7.28. The number of nitrogens with zero attached hydrogens (tertiary/aromatic N) is 3. The van der Waals surface area contributed by atoms with Gasteiger partial charge in [0.1, 0.15) is 28.9 Å². The number of rotatable bonds is 4. The molecule has 0 aliphatic heterocycles. The van der Waals surface area contributed by atoms with Crippen molar-refractivity contribution >= 4 is 28.3 Å². The summed E-state index contributed by atoms with van der Waals surface area (Å²) in [6.07, 6.45) is 3.15. The topological polar surface area (TPSA) is 93.9 Å². The Morgan fingerprint density at radius 1 is 1.26 bits per heavy atom. The third-order valence-electron chi connectivity index (χ3n) is 3.23. The van der Waals surface area contributed by atoms with Crippen LogP contribution in [0.25, 0.3) is 21.6 Å². The third-order valence-corrected chi connectivity index (χ3v) is 4.12. The van der Waals surface area contributed by atoms with E-state index in [1.165, 1.54) is 11.3 Å². The van der Waals surface area contributed by atoms with Crippen LogP contribution in [0.15, 0.2) is 46.6 Å². The fraction of sp³-hybridized carbons (Fsp3) is 0.0667. The summed E-state index contributed by atoms with van der Waals surface area (Å²) < 4.78 is 10.3. The molecule has 0 spiro atoms. The molecule has 7 nitrogen and oxygen atoms in total. The van der Waals surface area contributed by atoms with Crippen molar-refractivity contribution in [1.82, 2.24) is 20.4 Å². The van der Waals surface area contributed by atoms with Crippen molar-refractivity contribution in [3.63, 3.8) is 0 Å². The lowest BCUT2D eigenvalue weighted by Crippen LogP contribution is -2.05. The van der Waals surface area contributed by atoms with Crippen molar-refractivity contribution in [3.05, 3.63) is 53.4 Å². The largest absolute Gasteiger partial charge is 0.472 e. The average Bonchev–Trinajstić information content (AvgIpc) is 3.32. The highest BCUT2D eigenvalue weighted by Gasteiger charge is 2.14. The zero-order chi connectivity index (χ0) is 15.6. The van der Waals surface area contributed by atoms with Crippen molar-refractivity contribution < 1.29 is 13.9 Å². The number of benzene rings is 1. The summed E-state index contributed by atoms with van der Waals surface area (Å²) in [5.41, 5.74) is 3.46. The van der Waals surface area contributed by atoms with Crippen LogP contribution >= 0.6 is 11.3 Å². The van der Waals surface area contributed by atoms with E-state index in [4.69, 9.17) is 9.15 Å². The van der Waals surface area contributed by atoms with Crippen LogP contribution in [0, 0.1) is 0 Å². The molecule has 0 saturated heterocycles. The number of H-pyrrole nitrogens is 1. The quantitative estimate of drug-likeness (QED) is 0.579. The number of hydrogen-bond acceptors (Lipinski definition) is 7. The van der Waals surface area contributed by atoms with Crippen LogP contribution in [0.5, 0.6) is 0 Å². The molecule has 3 aromatic heterocycles. The Morgan fingerprint density at radius 2 is 2.17 bits per heavy atom. The maximum Gasteiger partial charge on any atom is 0.358 e. The minimum absolute atomic E-state index is 0.153. The third kappa shape index (κ3) is 2.71. The zero-order valence-corrected chi connectivity index (χ0v) is 12.5. The molecule has 0 unspecified atom stereocenters. The summed E-state index contributed by atoms with van der Waals surface area (Å²) in [4.78, 5) is 16.3. The number of carbonyl (C=O) groups is 1. The Balaban J connectivity index is 1.45. The molecule has 0 aliphatic rings. The maximum absolute atomic E-state index is 12.1. The second-order valence-corrected chi connectivity index (χ2v) is 5.63. The van der Waals surface area contributed by atoms with Crippen molar-refractivity contribution in [2.24, 2.45) is 0 Å². The molecular formula is C15H10N4O3S. The van der Waals surface area contributed by atoms with Gasteiger partial charge in [0.2, 0.25) is 0 Å². The van der Waals surface area contributed by atoms with Gasteiger partial charge < -0.3 is 9.15 Å². The minimum Gasteiger partial charge on any atom is -0.472 e. The van der Waals surface area contributed by atoms with Gasteiger partial charge in [-0.1, -0.05) is 6.07 Å². The molecule has 4 rings (SSSR count). The zero-order valence-electron chi connectivity index (χ0n) is 11.7. The number of ether oxygens (including phenoxy) is 1. The van der Waals surface area contributed by atoms with Gasteiger partial charge in [-0.2, -0.15) is 15.4 Å². The van der Waals surface area contributed by atoms with Crippen molar-refractivity contribution in [3.8, 4) is 10.6 Å². The fourth-order valence-corrected chi connectivity index (χ4v) is 2.86. The number of fused-ring (bicyclic) bond motifs is 1. The van der Waals surface area contributed by atoms with E-state index in [-0.39, 0.29) is 12.3 Å². The lowest BCUT2D eigenvalue weighted by Gasteiger charge is -2.02. The fourth-order valence-electron chi connectivity index (χ4n) is 2.08. The lowest BCUT2D eigenvalue weighted by atomic mass is 10.2. The molecule has 0 saturated carbocycles. The summed E-state index contributed by atoms with van der Waals surface area (Å²) in [7, 11) is 0. The van der Waals surface area contributed by atoms with Gasteiger partial charge in [-0.3, -0.25) is 0 Å². The second-order valence-electron chi connectivity index (χ2n) is 4.77. The predicted molar refractivity (Wildman–Crippen MR) is 82.8 cm³/mol. The first-order valence-electron chi connectivity index (χ1n) is 6.74. The molecule has 0 radical (unpaired) electrons. The molecule has 8 heteroatoms. The van der Waals surface area contributed by atoms with Gasteiger partial charge in [-0.25, -0.2) is 9.78 Å². The Hall–Kier alpha value is -3.00. The Kier molecular flexibility index (Phi) is 3.35. The van der Waals surface area contributed by atoms with Gasteiger partial charge in [0.15, 0.2) is 5.69 Å². The number of carbonyl (C=O) groups excluding carboxylic acids is 1. The van der Waals surface area contributed by atoms with E-state index >= 15 is 0 Å². The number of furan rings is 1. The molecule has 114 valence electrons. The number of esters is 1. The van der Waals surface area contributed by atoms with Crippen molar-refractivity contribution in [2.75, 3.05) is 0 Å². The van der Waals surface area contributed by atoms with Crippen LogP contribution in [0.1, 0.15) is 16.1 Å². The van der Waals surface area contributed by atoms with E-state index in [0.717, 1.165) is 27.2 Å². The standard InChI is InChI=1S/C15H10N4O3S/c20-15(13-8-23-14(16-13)10-3-4-21-7-10)22-6-9-1-2-11-12(5-9)18-19-17-11/h1-5,7-8H,6H2,(H,17,18,19). The van der Waals surface area contributed by atoms with Gasteiger partial charge in [0.25, 0.3) is 0 Å². The van der Waals surface area contributed by atoms with E-state index in [9.17, 15) is 4.79 Å². The first kappa shape index (κ1) is 13.6. The first-order chi connectivity index (χ1) is 11.3. The van der Waals surface area contributed by atoms with Gasteiger partial charge in [0.05, 0.1) is 6.26 Å². The highest BCUT2D eigenvalue weighted by Crippen LogP contribution is 2.24. The molecule has 3 heterocycles. The van der Waals surface area contributed by atoms with E-state index in [1.54, 1.807) is 24.0 Å². The number of thiazole rings is 1. The summed E-state index contributed by atoms with van der Waals surface area (Å²) >= 11 is 1.37. The number of aromatic nitrogens is 4. The van der Waals surface area contributed by atoms with Crippen LogP contribution in [0.4, 0.5) is 0 Å². The molecule has 0 fully saturated rings. The van der Waals surface area contributed by atoms with Crippen molar-refractivity contribution in [2.45, 2.75) is 6.61 Å². The Morgan fingerprint density at radius 3 is 3.04 bits per heavy atom. The summed E-state index contributed by atoms with van der Waals surface area (Å²) in [5, 5.41) is 12.9. The number of nitrogens with one attached hydrogen (secondary N) is 1. The molecule has 4 aromatic rings. The average molecular weight is 326 g/mol. The van der Waals surface area contributed by atoms with E-state index in [2.05, 4.69) is 20.4 Å². The van der Waals surface area contributed by atoms with Crippen LogP contribution in [-0.2, 0) is 11.3 Å². The second kappa shape index (κ2) is 5.65. The normalized spacial score (nSPS) is 11.0. The van der Waals surface area contributed by atoms with Crippen molar-refractivity contribution in [1.29, 1.82) is 0 Å². The molecular weight excluding hydrogens is 316 g/mol. The molecule has 0 bridgehead atoms. The monoisotopic (exact) mass is 326 g/mol. The molecule has 23 heavy (non-hydrogen) atoms. The van der Waals surface area contributed by atoms with Crippen LogP contribution in [0.3, 0.4) is 0 Å². The summed E-state index contributed by atoms with van der Waals surface area (Å²) in [5.74, 6) is -0.462. The molecule has 1 N–H and O–H groups in total. The van der Waals surface area contributed by atoms with Gasteiger partial charge >= 0.3 is 5.97 Å². The molecule has 0 amide bonds. The maximum atomic E-state index is 12.1. The minimum atomic E-state index is -0.462. The van der Waals surface area contributed by atoms with Crippen LogP contribution < -0.4 is 0 Å². The molecule has 1 aromatic carbocycles. The highest BCUT2D eigenvalue weighted by atomic mass is 32.1. The first-order valence-corrected chi connectivity index (χ1v) is 7.62. The van der Waals surface area contributed by atoms with Crippen LogP contribution in [-0.4, -0.2) is 26.4 Å². The SMILES string of the molecule is O=C(OCc1ccc2n[nH]nc2c1)c1csc(-c2ccoc2)n1. The van der Waals surface area contributed by atoms with E-state index in [0.29, 0.717) is 0 Å². The van der Waals surface area contributed by atoms with Gasteiger partial charge in [-0.15, -0.1) is 11.3 Å². The Labute approximate surface area is 133 Å². The van der Waals surface area contributed by atoms with Gasteiger partial charge in [-0.05, 0) is 23.8 Å². The smallest absolute Gasteiger partial charge is 0.358 e. The Bertz CT molecular complexity index is 958. The number of aromatic amines is 1. The molecule has 0 atom stereocenters. The van der Waals surface area contributed by atoms with E-state index in [1.807, 2.05) is 18.2 Å². The van der Waals surface area contributed by atoms with Gasteiger partial charge in [0, 0.05) is 10.9 Å².